The minimum atomic E-state index is -0.970. The van der Waals surface area contributed by atoms with E-state index >= 15 is 0 Å². The molecule has 126 valence electrons. The first-order chi connectivity index (χ1) is 12.2. The van der Waals surface area contributed by atoms with Crippen LogP contribution in [0.1, 0.15) is 11.7 Å². The Morgan fingerprint density at radius 2 is 2.24 bits per heavy atom. The molecule has 0 saturated carbocycles. The smallest absolute Gasteiger partial charge is 0.492 e. The third-order valence-electron chi connectivity index (χ3n) is 4.26. The molecule has 25 heavy (non-hydrogen) atoms. The predicted molar refractivity (Wildman–Crippen MR) is 96.3 cm³/mol. The Balaban J connectivity index is 1.67. The number of methoxy groups -OCH3 is 1. The van der Waals surface area contributed by atoms with Crippen molar-refractivity contribution in [3.63, 3.8) is 0 Å². The Bertz CT molecular complexity index is 937. The number of hydrogen-bond donors (Lipinski definition) is 3. The fraction of sp³-hybridized carbons (Fsp3) is 0.176. The SMILES string of the molecule is COc1cccc2cnc(Nc3ccc4c(c3)B(O)OC4CN)nc12. The number of para-hydroxylation sites is 1. The number of nitrogens with zero attached hydrogens (tertiary/aromatic N) is 2. The van der Waals surface area contributed by atoms with Gasteiger partial charge in [0.25, 0.3) is 0 Å². The van der Waals surface area contributed by atoms with Gasteiger partial charge < -0.3 is 25.5 Å². The van der Waals surface area contributed by atoms with Gasteiger partial charge in [-0.2, -0.15) is 0 Å². The van der Waals surface area contributed by atoms with Crippen LogP contribution >= 0.6 is 0 Å². The van der Waals surface area contributed by atoms with Crippen molar-refractivity contribution >= 4 is 35.1 Å². The van der Waals surface area contributed by atoms with E-state index < -0.39 is 7.12 Å². The van der Waals surface area contributed by atoms with Gasteiger partial charge >= 0.3 is 7.12 Å². The lowest BCUT2D eigenvalue weighted by Crippen LogP contribution is -2.28. The van der Waals surface area contributed by atoms with Gasteiger partial charge in [0.2, 0.25) is 5.95 Å². The van der Waals surface area contributed by atoms with Crippen molar-refractivity contribution in [3.05, 3.63) is 48.2 Å². The molecule has 4 N–H and O–H groups in total. The monoisotopic (exact) mass is 336 g/mol. The molecule has 1 aliphatic rings. The molecule has 0 saturated heterocycles. The van der Waals surface area contributed by atoms with Crippen molar-refractivity contribution in [1.82, 2.24) is 9.97 Å². The Kier molecular flexibility index (Phi) is 4.00. The average molecular weight is 336 g/mol. The maximum atomic E-state index is 10.0. The summed E-state index contributed by atoms with van der Waals surface area (Å²) in [5.41, 5.74) is 8.77. The molecular formula is C17H17BN4O3. The Labute approximate surface area is 145 Å². The zero-order valence-corrected chi connectivity index (χ0v) is 13.6. The van der Waals surface area contributed by atoms with E-state index in [1.807, 2.05) is 36.4 Å². The van der Waals surface area contributed by atoms with Gasteiger partial charge in [0.05, 0.1) is 13.2 Å². The highest BCUT2D eigenvalue weighted by Gasteiger charge is 2.34. The predicted octanol–water partition coefficient (Wildman–Crippen LogP) is 1.10. The lowest BCUT2D eigenvalue weighted by Gasteiger charge is -2.10. The topological polar surface area (TPSA) is 103 Å². The molecule has 0 spiro atoms. The molecule has 4 rings (SSSR count). The lowest BCUT2D eigenvalue weighted by molar-refractivity contribution is 0.198. The summed E-state index contributed by atoms with van der Waals surface area (Å²) in [6.07, 6.45) is 1.46. The number of rotatable bonds is 4. The van der Waals surface area contributed by atoms with Crippen LogP contribution in [0.5, 0.6) is 5.75 Å². The van der Waals surface area contributed by atoms with Crippen LogP contribution in [0.4, 0.5) is 11.6 Å². The van der Waals surface area contributed by atoms with E-state index in [2.05, 4.69) is 15.3 Å². The molecule has 0 bridgehead atoms. The van der Waals surface area contributed by atoms with E-state index in [-0.39, 0.29) is 6.10 Å². The van der Waals surface area contributed by atoms with E-state index in [9.17, 15) is 5.02 Å². The standard InChI is InChI=1S/C17H17BN4O3/c1-24-14-4-2-3-10-9-20-17(22-16(10)14)21-11-5-6-12-13(7-11)18(23)25-15(12)8-19/h2-7,9,15,23H,8,19H2,1H3,(H,20,21,22). The van der Waals surface area contributed by atoms with Gasteiger partial charge in [0.15, 0.2) is 0 Å². The van der Waals surface area contributed by atoms with E-state index in [0.717, 1.165) is 22.2 Å². The maximum Gasteiger partial charge on any atom is 0.492 e. The third-order valence-corrected chi connectivity index (χ3v) is 4.26. The first-order valence-corrected chi connectivity index (χ1v) is 7.94. The number of benzene rings is 2. The van der Waals surface area contributed by atoms with Gasteiger partial charge in [-0.1, -0.05) is 18.2 Å². The summed E-state index contributed by atoms with van der Waals surface area (Å²) in [4.78, 5) is 8.85. The van der Waals surface area contributed by atoms with Crippen LogP contribution in [0.25, 0.3) is 10.9 Å². The highest BCUT2D eigenvalue weighted by molar-refractivity contribution is 6.61. The number of aromatic nitrogens is 2. The lowest BCUT2D eigenvalue weighted by atomic mass is 9.79. The normalized spacial score (nSPS) is 16.1. The molecule has 1 aromatic heterocycles. The van der Waals surface area contributed by atoms with Gasteiger partial charge in [-0.25, -0.2) is 9.97 Å². The molecule has 1 unspecified atom stereocenters. The first-order valence-electron chi connectivity index (χ1n) is 7.94. The molecule has 2 heterocycles. The first kappa shape index (κ1) is 15.8. The summed E-state index contributed by atoms with van der Waals surface area (Å²) >= 11 is 0. The van der Waals surface area contributed by atoms with Crippen molar-refractivity contribution in [2.24, 2.45) is 5.73 Å². The summed E-state index contributed by atoms with van der Waals surface area (Å²) in [6.45, 7) is 0.324. The summed E-state index contributed by atoms with van der Waals surface area (Å²) in [7, 11) is 0.641. The number of anilines is 2. The molecule has 2 aromatic carbocycles. The molecule has 0 radical (unpaired) electrons. The van der Waals surface area contributed by atoms with Crippen molar-refractivity contribution in [3.8, 4) is 5.75 Å². The van der Waals surface area contributed by atoms with Crippen LogP contribution in [0.15, 0.2) is 42.6 Å². The Morgan fingerprint density at radius 1 is 1.36 bits per heavy atom. The highest BCUT2D eigenvalue weighted by Crippen LogP contribution is 2.27. The number of ether oxygens (including phenoxy) is 1. The van der Waals surface area contributed by atoms with Crippen LogP contribution in [0.2, 0.25) is 0 Å². The second kappa shape index (κ2) is 6.32. The number of nitrogens with two attached hydrogens (primary N) is 1. The van der Waals surface area contributed by atoms with Gasteiger partial charge in [-0.05, 0) is 29.2 Å². The summed E-state index contributed by atoms with van der Waals surface area (Å²) in [5.74, 6) is 1.13. The molecule has 0 fully saturated rings. The third kappa shape index (κ3) is 2.80. The van der Waals surface area contributed by atoms with Gasteiger partial charge in [-0.3, -0.25) is 0 Å². The van der Waals surface area contributed by atoms with Gasteiger partial charge in [0, 0.05) is 23.8 Å². The fourth-order valence-corrected chi connectivity index (χ4v) is 3.03. The van der Waals surface area contributed by atoms with Crippen LogP contribution in [0.3, 0.4) is 0 Å². The number of nitrogens with one attached hydrogen (secondary N) is 1. The Morgan fingerprint density at radius 3 is 3.04 bits per heavy atom. The minimum absolute atomic E-state index is 0.278. The quantitative estimate of drug-likeness (QED) is 0.613. The van der Waals surface area contributed by atoms with Crippen molar-refractivity contribution in [2.45, 2.75) is 6.10 Å². The van der Waals surface area contributed by atoms with Crippen LogP contribution in [-0.2, 0) is 4.65 Å². The summed E-state index contributed by atoms with van der Waals surface area (Å²) < 4.78 is 10.8. The largest absolute Gasteiger partial charge is 0.494 e. The fourth-order valence-electron chi connectivity index (χ4n) is 3.03. The van der Waals surface area contributed by atoms with Crippen molar-refractivity contribution in [2.75, 3.05) is 19.0 Å². The Hall–Kier alpha value is -2.68. The van der Waals surface area contributed by atoms with E-state index in [1.165, 1.54) is 0 Å². The highest BCUT2D eigenvalue weighted by atomic mass is 16.5. The minimum Gasteiger partial charge on any atom is -0.494 e. The van der Waals surface area contributed by atoms with Crippen molar-refractivity contribution < 1.29 is 14.4 Å². The second-order valence-electron chi connectivity index (χ2n) is 5.77. The molecule has 1 atom stereocenters. The molecule has 0 aliphatic carbocycles. The van der Waals surface area contributed by atoms with E-state index in [1.54, 1.807) is 13.3 Å². The van der Waals surface area contributed by atoms with Crippen molar-refractivity contribution in [1.29, 1.82) is 0 Å². The summed E-state index contributed by atoms with van der Waals surface area (Å²) in [6, 6.07) is 11.3. The molecule has 0 amide bonds. The number of hydrogen-bond acceptors (Lipinski definition) is 7. The van der Waals surface area contributed by atoms with E-state index in [0.29, 0.717) is 23.7 Å². The molecule has 3 aromatic rings. The second-order valence-corrected chi connectivity index (χ2v) is 5.77. The maximum absolute atomic E-state index is 10.0. The van der Waals surface area contributed by atoms with Crippen LogP contribution < -0.4 is 21.3 Å². The number of fused-ring (bicyclic) bond motifs is 2. The molecule has 8 heteroatoms. The summed E-state index contributed by atoms with van der Waals surface area (Å²) in [5, 5.41) is 14.1. The van der Waals surface area contributed by atoms with Crippen LogP contribution in [0, 0.1) is 0 Å². The molecule has 1 aliphatic heterocycles. The average Bonchev–Trinajstić information content (AvgIpc) is 2.96. The molecular weight excluding hydrogens is 319 g/mol. The zero-order valence-electron chi connectivity index (χ0n) is 13.6. The zero-order chi connectivity index (χ0) is 17.4. The van der Waals surface area contributed by atoms with Gasteiger partial charge in [0.1, 0.15) is 11.3 Å². The van der Waals surface area contributed by atoms with Crippen LogP contribution in [-0.4, -0.2) is 35.8 Å². The van der Waals surface area contributed by atoms with Gasteiger partial charge in [-0.15, -0.1) is 0 Å². The molecule has 7 nitrogen and oxygen atoms in total. The van der Waals surface area contributed by atoms with E-state index in [4.69, 9.17) is 15.1 Å².